The van der Waals surface area contributed by atoms with Crippen molar-refractivity contribution >= 4 is 11.6 Å². The number of rotatable bonds is 4. The minimum absolute atomic E-state index is 0.118. The molecule has 0 spiro atoms. The third kappa shape index (κ3) is 6.82. The van der Waals surface area contributed by atoms with Gasteiger partial charge in [-0.15, -0.1) is 0 Å². The zero-order chi connectivity index (χ0) is 18.8. The standard InChI is InChI=1S/C14H17F2NO.C7H8O/c15-12-7-6-11(9-13(12)16)17-14(18)8-10-4-2-1-3-5-10;1-8-7-5-3-2-4-6-7/h6-7,9-10H,1-5,8H2,(H,17,18);2-6H,1H3. The van der Waals surface area contributed by atoms with Gasteiger partial charge in [0.05, 0.1) is 7.11 Å². The van der Waals surface area contributed by atoms with Crippen molar-refractivity contribution in [2.75, 3.05) is 12.4 Å². The van der Waals surface area contributed by atoms with Gasteiger partial charge in [0.1, 0.15) is 5.75 Å². The third-order valence-corrected chi connectivity index (χ3v) is 4.38. The van der Waals surface area contributed by atoms with Gasteiger partial charge >= 0.3 is 0 Å². The molecule has 140 valence electrons. The van der Waals surface area contributed by atoms with Crippen LogP contribution in [0.25, 0.3) is 0 Å². The molecule has 1 N–H and O–H groups in total. The summed E-state index contributed by atoms with van der Waals surface area (Å²) in [6.07, 6.45) is 6.27. The molecule has 1 aliphatic carbocycles. The summed E-state index contributed by atoms with van der Waals surface area (Å²) in [5.41, 5.74) is 0.315. The second-order valence-corrected chi connectivity index (χ2v) is 6.40. The number of amides is 1. The van der Waals surface area contributed by atoms with Crippen molar-refractivity contribution in [3.63, 3.8) is 0 Å². The largest absolute Gasteiger partial charge is 0.497 e. The Kier molecular flexibility index (Phi) is 8.06. The maximum Gasteiger partial charge on any atom is 0.224 e. The van der Waals surface area contributed by atoms with Crippen LogP contribution < -0.4 is 10.1 Å². The molecule has 0 bridgehead atoms. The summed E-state index contributed by atoms with van der Waals surface area (Å²) >= 11 is 0. The van der Waals surface area contributed by atoms with E-state index in [1.54, 1.807) is 7.11 Å². The molecule has 2 aromatic rings. The molecule has 3 nitrogen and oxygen atoms in total. The van der Waals surface area contributed by atoms with Gasteiger partial charge in [0.25, 0.3) is 0 Å². The number of ether oxygens (including phenoxy) is 1. The van der Waals surface area contributed by atoms with E-state index in [4.69, 9.17) is 4.74 Å². The number of carbonyl (C=O) groups excluding carboxylic acids is 1. The van der Waals surface area contributed by atoms with E-state index in [1.807, 2.05) is 30.3 Å². The normalized spacial score (nSPS) is 14.1. The van der Waals surface area contributed by atoms with Crippen LogP contribution in [-0.2, 0) is 4.79 Å². The van der Waals surface area contributed by atoms with E-state index in [0.717, 1.165) is 30.7 Å². The molecule has 0 radical (unpaired) electrons. The fourth-order valence-corrected chi connectivity index (χ4v) is 3.00. The highest BCUT2D eigenvalue weighted by molar-refractivity contribution is 5.90. The highest BCUT2D eigenvalue weighted by Crippen LogP contribution is 2.26. The minimum atomic E-state index is -0.939. The van der Waals surface area contributed by atoms with Crippen molar-refractivity contribution in [3.05, 3.63) is 60.2 Å². The van der Waals surface area contributed by atoms with Gasteiger partial charge in [0.15, 0.2) is 11.6 Å². The molecule has 0 heterocycles. The summed E-state index contributed by atoms with van der Waals surface area (Å²) in [5, 5.41) is 2.61. The number of nitrogens with one attached hydrogen (secondary N) is 1. The fraction of sp³-hybridized carbons (Fsp3) is 0.381. The maximum absolute atomic E-state index is 13.0. The average Bonchev–Trinajstić information content (AvgIpc) is 2.67. The number of methoxy groups -OCH3 is 1. The Labute approximate surface area is 153 Å². The van der Waals surface area contributed by atoms with Gasteiger partial charge in [-0.05, 0) is 43.0 Å². The van der Waals surface area contributed by atoms with Crippen LogP contribution in [0.15, 0.2) is 48.5 Å². The molecule has 1 amide bonds. The third-order valence-electron chi connectivity index (χ3n) is 4.38. The van der Waals surface area contributed by atoms with E-state index < -0.39 is 11.6 Å². The molecule has 1 fully saturated rings. The van der Waals surface area contributed by atoms with Gasteiger partial charge in [-0.3, -0.25) is 4.79 Å². The van der Waals surface area contributed by atoms with Crippen LogP contribution >= 0.6 is 0 Å². The first kappa shape index (κ1) is 19.9. The van der Waals surface area contributed by atoms with E-state index in [1.165, 1.54) is 25.3 Å². The topological polar surface area (TPSA) is 38.3 Å². The summed E-state index contributed by atoms with van der Waals surface area (Å²) in [6, 6.07) is 13.1. The molecule has 5 heteroatoms. The Hall–Kier alpha value is -2.43. The molecule has 3 rings (SSSR count). The van der Waals surface area contributed by atoms with Gasteiger partial charge in [0.2, 0.25) is 5.91 Å². The van der Waals surface area contributed by atoms with Crippen LogP contribution in [0.1, 0.15) is 38.5 Å². The molecule has 26 heavy (non-hydrogen) atoms. The molecule has 0 aromatic heterocycles. The smallest absolute Gasteiger partial charge is 0.224 e. The van der Waals surface area contributed by atoms with Crippen molar-refractivity contribution in [2.45, 2.75) is 38.5 Å². The summed E-state index contributed by atoms with van der Waals surface area (Å²) in [5.74, 6) is -0.616. The van der Waals surface area contributed by atoms with Crippen molar-refractivity contribution in [1.82, 2.24) is 0 Å². The number of carbonyl (C=O) groups is 1. The van der Waals surface area contributed by atoms with Crippen LogP contribution in [0.2, 0.25) is 0 Å². The Bertz CT molecular complexity index is 686. The van der Waals surface area contributed by atoms with Crippen molar-refractivity contribution in [2.24, 2.45) is 5.92 Å². The van der Waals surface area contributed by atoms with E-state index >= 15 is 0 Å². The first-order valence-corrected chi connectivity index (χ1v) is 8.92. The van der Waals surface area contributed by atoms with Gasteiger partial charge in [0, 0.05) is 18.2 Å². The second-order valence-electron chi connectivity index (χ2n) is 6.40. The predicted molar refractivity (Wildman–Crippen MR) is 99.2 cm³/mol. The zero-order valence-corrected chi connectivity index (χ0v) is 15.0. The zero-order valence-electron chi connectivity index (χ0n) is 15.0. The second kappa shape index (κ2) is 10.5. The molecule has 1 saturated carbocycles. The van der Waals surface area contributed by atoms with Crippen molar-refractivity contribution in [3.8, 4) is 5.75 Å². The Morgan fingerprint density at radius 2 is 1.73 bits per heavy atom. The Balaban J connectivity index is 0.000000254. The SMILES string of the molecule is COc1ccccc1.O=C(CC1CCCCC1)Nc1ccc(F)c(F)c1. The number of anilines is 1. The highest BCUT2D eigenvalue weighted by Gasteiger charge is 2.17. The number of para-hydroxylation sites is 1. The molecule has 0 aliphatic heterocycles. The Morgan fingerprint density at radius 1 is 1.04 bits per heavy atom. The van der Waals surface area contributed by atoms with Crippen molar-refractivity contribution < 1.29 is 18.3 Å². The Morgan fingerprint density at radius 3 is 2.31 bits per heavy atom. The van der Waals surface area contributed by atoms with E-state index in [0.29, 0.717) is 18.0 Å². The van der Waals surface area contributed by atoms with Crippen molar-refractivity contribution in [1.29, 1.82) is 0 Å². The minimum Gasteiger partial charge on any atom is -0.497 e. The van der Waals surface area contributed by atoms with Gasteiger partial charge in [-0.1, -0.05) is 37.5 Å². The molecule has 0 unspecified atom stereocenters. The summed E-state index contributed by atoms with van der Waals surface area (Å²) < 4.78 is 30.6. The average molecular weight is 361 g/mol. The highest BCUT2D eigenvalue weighted by atomic mass is 19.2. The van der Waals surface area contributed by atoms with Gasteiger partial charge in [-0.2, -0.15) is 0 Å². The van der Waals surface area contributed by atoms with Crippen LogP contribution in [0.3, 0.4) is 0 Å². The molecule has 0 saturated heterocycles. The quantitative estimate of drug-likeness (QED) is 0.773. The van der Waals surface area contributed by atoms with Crippen LogP contribution in [-0.4, -0.2) is 13.0 Å². The lowest BCUT2D eigenvalue weighted by Crippen LogP contribution is -2.18. The molecular weight excluding hydrogens is 336 g/mol. The lowest BCUT2D eigenvalue weighted by molar-refractivity contribution is -0.117. The predicted octanol–water partition coefficient (Wildman–Crippen LogP) is 5.57. The first-order chi connectivity index (χ1) is 12.6. The molecule has 1 aliphatic rings. The van der Waals surface area contributed by atoms with Crippen LogP contribution in [0.4, 0.5) is 14.5 Å². The van der Waals surface area contributed by atoms with E-state index in [-0.39, 0.29) is 5.91 Å². The summed E-state index contributed by atoms with van der Waals surface area (Å²) in [7, 11) is 1.66. The van der Waals surface area contributed by atoms with E-state index in [2.05, 4.69) is 5.32 Å². The molecular formula is C21H25F2NO2. The number of hydrogen-bond acceptors (Lipinski definition) is 2. The monoisotopic (exact) mass is 361 g/mol. The summed E-state index contributed by atoms with van der Waals surface area (Å²) in [4.78, 5) is 11.7. The number of hydrogen-bond donors (Lipinski definition) is 1. The maximum atomic E-state index is 13.0. The number of halogens is 2. The lowest BCUT2D eigenvalue weighted by Gasteiger charge is -2.20. The fourth-order valence-electron chi connectivity index (χ4n) is 3.00. The summed E-state index contributed by atoms with van der Waals surface area (Å²) in [6.45, 7) is 0. The van der Waals surface area contributed by atoms with Crippen LogP contribution in [0, 0.1) is 17.6 Å². The molecule has 2 aromatic carbocycles. The van der Waals surface area contributed by atoms with Crippen LogP contribution in [0.5, 0.6) is 5.75 Å². The number of benzene rings is 2. The van der Waals surface area contributed by atoms with E-state index in [9.17, 15) is 13.6 Å². The molecule has 0 atom stereocenters. The first-order valence-electron chi connectivity index (χ1n) is 8.92. The lowest BCUT2D eigenvalue weighted by atomic mass is 9.87. The van der Waals surface area contributed by atoms with Gasteiger partial charge in [-0.25, -0.2) is 8.78 Å². The van der Waals surface area contributed by atoms with Gasteiger partial charge < -0.3 is 10.1 Å².